The van der Waals surface area contributed by atoms with Gasteiger partial charge in [0.1, 0.15) is 0 Å². The standard InChI is InChI=1S/C18H33N3/c1-12(2)20-7-14-5-19(6-15(14)8-20)9-16-17-10-21(13(3)4)11-18(16)17/h12-18H,5-11H2,1-4H3/t14?,15?,16?,17-,18+. The van der Waals surface area contributed by atoms with Crippen molar-refractivity contribution in [1.29, 1.82) is 0 Å². The maximum atomic E-state index is 2.82. The first-order valence-electron chi connectivity index (χ1n) is 9.23. The smallest absolute Gasteiger partial charge is 0.00388 e. The van der Waals surface area contributed by atoms with E-state index in [-0.39, 0.29) is 0 Å². The number of likely N-dealkylation sites (tertiary alicyclic amines) is 3. The number of fused-ring (bicyclic) bond motifs is 2. The van der Waals surface area contributed by atoms with Crippen LogP contribution in [-0.2, 0) is 0 Å². The van der Waals surface area contributed by atoms with Crippen LogP contribution in [0.4, 0.5) is 0 Å². The molecule has 4 fully saturated rings. The van der Waals surface area contributed by atoms with Crippen molar-refractivity contribution < 1.29 is 0 Å². The van der Waals surface area contributed by atoms with Crippen LogP contribution >= 0.6 is 0 Å². The second-order valence-electron chi connectivity index (χ2n) is 8.83. The molecule has 3 heteroatoms. The fourth-order valence-electron chi connectivity index (χ4n) is 5.37. The minimum Gasteiger partial charge on any atom is -0.302 e. The zero-order valence-electron chi connectivity index (χ0n) is 14.3. The molecule has 0 spiro atoms. The molecule has 1 aliphatic carbocycles. The van der Waals surface area contributed by atoms with Crippen molar-refractivity contribution in [2.75, 3.05) is 45.8 Å². The highest BCUT2D eigenvalue weighted by Gasteiger charge is 2.56. The molecular weight excluding hydrogens is 258 g/mol. The van der Waals surface area contributed by atoms with Crippen LogP contribution in [0.5, 0.6) is 0 Å². The highest BCUT2D eigenvalue weighted by atomic mass is 15.3. The van der Waals surface area contributed by atoms with Crippen molar-refractivity contribution in [3.05, 3.63) is 0 Å². The highest BCUT2D eigenvalue weighted by Crippen LogP contribution is 2.52. The van der Waals surface area contributed by atoms with E-state index in [4.69, 9.17) is 0 Å². The Hall–Kier alpha value is -0.120. The normalized spacial score (nSPS) is 44.0. The Morgan fingerprint density at radius 1 is 0.714 bits per heavy atom. The summed E-state index contributed by atoms with van der Waals surface area (Å²) in [5, 5.41) is 0. The van der Waals surface area contributed by atoms with E-state index in [9.17, 15) is 0 Å². The Labute approximate surface area is 130 Å². The molecular formula is C18H33N3. The molecule has 0 amide bonds. The molecule has 120 valence electrons. The highest BCUT2D eigenvalue weighted by molar-refractivity contribution is 5.07. The van der Waals surface area contributed by atoms with E-state index in [1.807, 2.05) is 0 Å². The Morgan fingerprint density at radius 2 is 1.19 bits per heavy atom. The second kappa shape index (κ2) is 5.21. The van der Waals surface area contributed by atoms with Gasteiger partial charge in [-0.15, -0.1) is 0 Å². The van der Waals surface area contributed by atoms with Gasteiger partial charge < -0.3 is 14.7 Å². The average Bonchev–Trinajstić information content (AvgIpc) is 2.81. The number of hydrogen-bond acceptors (Lipinski definition) is 3. The van der Waals surface area contributed by atoms with Crippen LogP contribution in [0.3, 0.4) is 0 Å². The van der Waals surface area contributed by atoms with Crippen LogP contribution in [0.15, 0.2) is 0 Å². The Bertz CT molecular complexity index is 368. The third-order valence-corrected chi connectivity index (χ3v) is 6.92. The molecule has 0 aromatic rings. The van der Waals surface area contributed by atoms with E-state index in [1.165, 1.54) is 45.8 Å². The van der Waals surface area contributed by atoms with Crippen LogP contribution in [0.2, 0.25) is 0 Å². The van der Waals surface area contributed by atoms with E-state index in [1.54, 1.807) is 0 Å². The SMILES string of the molecule is CC(C)N1CC2CN(CC3[C@H]4CN(C(C)C)C[C@@H]34)CC2C1. The van der Waals surface area contributed by atoms with E-state index in [0.29, 0.717) is 0 Å². The van der Waals surface area contributed by atoms with Crippen LogP contribution < -0.4 is 0 Å². The van der Waals surface area contributed by atoms with Gasteiger partial charge in [-0.05, 0) is 57.3 Å². The summed E-state index contributed by atoms with van der Waals surface area (Å²) in [5.74, 6) is 5.07. The molecule has 0 N–H and O–H groups in total. The number of nitrogens with zero attached hydrogens (tertiary/aromatic N) is 3. The van der Waals surface area contributed by atoms with Gasteiger partial charge in [-0.2, -0.15) is 0 Å². The minimum atomic E-state index is 0.744. The van der Waals surface area contributed by atoms with Crippen molar-refractivity contribution in [3.63, 3.8) is 0 Å². The molecule has 0 aromatic heterocycles. The lowest BCUT2D eigenvalue weighted by molar-refractivity contribution is 0.197. The third kappa shape index (κ3) is 2.55. The first kappa shape index (κ1) is 14.5. The Kier molecular flexibility index (Phi) is 3.59. The van der Waals surface area contributed by atoms with Crippen molar-refractivity contribution in [3.8, 4) is 0 Å². The van der Waals surface area contributed by atoms with Crippen molar-refractivity contribution >= 4 is 0 Å². The molecule has 5 atom stereocenters. The first-order chi connectivity index (χ1) is 10.0. The van der Waals surface area contributed by atoms with Gasteiger partial charge in [0, 0.05) is 57.9 Å². The molecule has 0 radical (unpaired) electrons. The maximum absolute atomic E-state index is 2.82. The molecule has 3 unspecified atom stereocenters. The van der Waals surface area contributed by atoms with Gasteiger partial charge in [-0.1, -0.05) is 0 Å². The Balaban J connectivity index is 1.24. The molecule has 3 saturated heterocycles. The van der Waals surface area contributed by atoms with Gasteiger partial charge in [0.15, 0.2) is 0 Å². The van der Waals surface area contributed by atoms with Crippen LogP contribution in [0, 0.1) is 29.6 Å². The summed E-state index contributed by atoms with van der Waals surface area (Å²) >= 11 is 0. The van der Waals surface area contributed by atoms with Gasteiger partial charge in [-0.3, -0.25) is 0 Å². The van der Waals surface area contributed by atoms with Crippen LogP contribution in [-0.4, -0.2) is 72.6 Å². The summed E-state index contributed by atoms with van der Waals surface area (Å²) in [6.45, 7) is 19.1. The fourth-order valence-corrected chi connectivity index (χ4v) is 5.37. The minimum absolute atomic E-state index is 0.744. The maximum Gasteiger partial charge on any atom is 0.00388 e. The lowest BCUT2D eigenvalue weighted by atomic mass is 10.0. The summed E-state index contributed by atoms with van der Waals surface area (Å²) in [7, 11) is 0. The number of hydrogen-bond donors (Lipinski definition) is 0. The zero-order valence-corrected chi connectivity index (χ0v) is 14.3. The van der Waals surface area contributed by atoms with E-state index >= 15 is 0 Å². The molecule has 3 nitrogen and oxygen atoms in total. The topological polar surface area (TPSA) is 9.72 Å². The van der Waals surface area contributed by atoms with Crippen LogP contribution in [0.1, 0.15) is 27.7 Å². The summed E-state index contributed by atoms with van der Waals surface area (Å²) in [4.78, 5) is 8.19. The molecule has 3 heterocycles. The summed E-state index contributed by atoms with van der Waals surface area (Å²) in [5.41, 5.74) is 0. The van der Waals surface area contributed by atoms with Crippen molar-refractivity contribution in [1.82, 2.24) is 14.7 Å². The van der Waals surface area contributed by atoms with Gasteiger partial charge in [0.25, 0.3) is 0 Å². The first-order valence-corrected chi connectivity index (χ1v) is 9.23. The lowest BCUT2D eigenvalue weighted by Crippen LogP contribution is -2.35. The second-order valence-corrected chi connectivity index (χ2v) is 8.83. The summed E-state index contributed by atoms with van der Waals surface area (Å²) in [6.07, 6.45) is 0. The van der Waals surface area contributed by atoms with Gasteiger partial charge in [-0.25, -0.2) is 0 Å². The summed E-state index contributed by atoms with van der Waals surface area (Å²) < 4.78 is 0. The Morgan fingerprint density at radius 3 is 1.67 bits per heavy atom. The lowest BCUT2D eigenvalue weighted by Gasteiger charge is -2.26. The molecule has 3 aliphatic heterocycles. The van der Waals surface area contributed by atoms with E-state index < -0.39 is 0 Å². The third-order valence-electron chi connectivity index (χ3n) is 6.92. The number of rotatable bonds is 4. The van der Waals surface area contributed by atoms with Crippen LogP contribution in [0.25, 0.3) is 0 Å². The molecule has 0 bridgehead atoms. The molecule has 0 aromatic carbocycles. The quantitative estimate of drug-likeness (QED) is 0.782. The molecule has 21 heavy (non-hydrogen) atoms. The van der Waals surface area contributed by atoms with Gasteiger partial charge >= 0.3 is 0 Å². The summed E-state index contributed by atoms with van der Waals surface area (Å²) in [6, 6.07) is 1.50. The molecule has 4 rings (SSSR count). The van der Waals surface area contributed by atoms with Gasteiger partial charge in [0.05, 0.1) is 0 Å². The fraction of sp³-hybridized carbons (Fsp3) is 1.00. The van der Waals surface area contributed by atoms with E-state index in [0.717, 1.165) is 41.7 Å². The van der Waals surface area contributed by atoms with Gasteiger partial charge in [0.2, 0.25) is 0 Å². The zero-order chi connectivity index (χ0) is 14.7. The van der Waals surface area contributed by atoms with E-state index in [2.05, 4.69) is 42.4 Å². The predicted octanol–water partition coefficient (Wildman–Crippen LogP) is 1.84. The molecule has 1 saturated carbocycles. The van der Waals surface area contributed by atoms with Crippen molar-refractivity contribution in [2.24, 2.45) is 29.6 Å². The number of piperidine rings is 1. The average molecular weight is 291 g/mol. The predicted molar refractivity (Wildman–Crippen MR) is 87.3 cm³/mol. The molecule has 4 aliphatic rings. The monoisotopic (exact) mass is 291 g/mol. The largest absolute Gasteiger partial charge is 0.302 e. The van der Waals surface area contributed by atoms with Crippen molar-refractivity contribution in [2.45, 2.75) is 39.8 Å².